The number of hydrogen-bond donors (Lipinski definition) is 2. The van der Waals surface area contributed by atoms with Crippen LogP contribution in [0.2, 0.25) is 0 Å². The van der Waals surface area contributed by atoms with Crippen LogP contribution < -0.4 is 10.1 Å². The molecule has 172 valence electrons. The molecule has 0 spiro atoms. The van der Waals surface area contributed by atoms with Crippen molar-refractivity contribution in [2.45, 2.75) is 32.5 Å². The minimum atomic E-state index is -1.33. The van der Waals surface area contributed by atoms with Gasteiger partial charge in [0.05, 0.1) is 21.6 Å². The van der Waals surface area contributed by atoms with Crippen molar-refractivity contribution in [3.05, 3.63) is 50.4 Å². The molecule has 7 nitrogen and oxygen atoms in total. The summed E-state index contributed by atoms with van der Waals surface area (Å²) in [6, 6.07) is 7.05. The number of hydrogen-bond acceptors (Lipinski definition) is 6. The summed E-state index contributed by atoms with van der Waals surface area (Å²) in [5, 5.41) is 12.9. The molecule has 0 aromatic heterocycles. The highest BCUT2D eigenvalue weighted by molar-refractivity contribution is 9.11. The zero-order valence-electron chi connectivity index (χ0n) is 18.1. The van der Waals surface area contributed by atoms with Crippen molar-refractivity contribution < 1.29 is 28.7 Å². The Bertz CT molecular complexity index is 1010. The van der Waals surface area contributed by atoms with Crippen LogP contribution >= 0.6 is 39.7 Å². The van der Waals surface area contributed by atoms with Gasteiger partial charge in [0.25, 0.3) is 5.91 Å². The normalized spacial score (nSPS) is 13.1. The van der Waals surface area contributed by atoms with Gasteiger partial charge < -0.3 is 19.9 Å². The summed E-state index contributed by atoms with van der Waals surface area (Å²) in [6.45, 7) is 5.39. The van der Waals surface area contributed by atoms with E-state index < -0.39 is 25.7 Å². The molecule has 0 saturated carbocycles. The first-order valence-electron chi connectivity index (χ1n) is 9.83. The van der Waals surface area contributed by atoms with E-state index >= 15 is 0 Å². The van der Waals surface area contributed by atoms with Crippen LogP contribution in [0.15, 0.2) is 39.3 Å². The highest BCUT2D eigenvalue weighted by Crippen LogP contribution is 2.40. The average Bonchev–Trinajstić information content (AvgIpc) is 2.73. The number of phenols is 1. The van der Waals surface area contributed by atoms with Crippen LogP contribution in [0.4, 0.5) is 0 Å². The van der Waals surface area contributed by atoms with E-state index in [2.05, 4.69) is 37.2 Å². The van der Waals surface area contributed by atoms with E-state index in [1.807, 2.05) is 26.0 Å². The minimum absolute atomic E-state index is 0.0356. The fourth-order valence-electron chi connectivity index (χ4n) is 2.95. The van der Waals surface area contributed by atoms with Crippen molar-refractivity contribution in [1.29, 1.82) is 0 Å². The van der Waals surface area contributed by atoms with Crippen LogP contribution in [-0.4, -0.2) is 36.8 Å². The van der Waals surface area contributed by atoms with E-state index in [0.717, 1.165) is 5.56 Å². The average molecular weight is 590 g/mol. The van der Waals surface area contributed by atoms with Gasteiger partial charge in [-0.25, -0.2) is 4.79 Å². The number of aromatic hydroxyl groups is 1. The molecule has 0 aliphatic rings. The fourth-order valence-corrected chi connectivity index (χ4v) is 5.09. The third-order valence-corrected chi connectivity index (χ3v) is 6.84. The molecule has 2 N–H and O–H groups in total. The molecule has 32 heavy (non-hydrogen) atoms. The van der Waals surface area contributed by atoms with Crippen LogP contribution in [0.3, 0.4) is 0 Å². The molecule has 1 amide bonds. The van der Waals surface area contributed by atoms with E-state index in [9.17, 15) is 19.3 Å². The number of rotatable bonds is 9. The summed E-state index contributed by atoms with van der Waals surface area (Å²) in [4.78, 5) is 24.9. The molecule has 0 aliphatic carbocycles. The Kier molecular flexibility index (Phi) is 9.67. The molecule has 3 unspecified atom stereocenters. The van der Waals surface area contributed by atoms with Crippen molar-refractivity contribution >= 4 is 51.5 Å². The molecule has 0 heterocycles. The molecule has 3 atom stereocenters. The summed E-state index contributed by atoms with van der Waals surface area (Å²) in [5.74, 6) is -0.809. The highest BCUT2D eigenvalue weighted by Gasteiger charge is 2.28. The molecular formula is C22H25Br2NO6P+. The van der Waals surface area contributed by atoms with Crippen LogP contribution in [-0.2, 0) is 20.3 Å². The summed E-state index contributed by atoms with van der Waals surface area (Å²) < 4.78 is 23.6. The maximum Gasteiger partial charge on any atom is 0.340 e. The topological polar surface area (TPSA) is 102 Å². The second kappa shape index (κ2) is 11.8. The van der Waals surface area contributed by atoms with Crippen LogP contribution in [0.25, 0.3) is 0 Å². The number of benzene rings is 2. The highest BCUT2D eigenvalue weighted by atomic mass is 79.9. The van der Waals surface area contributed by atoms with Gasteiger partial charge in [-0.2, -0.15) is 0 Å². The number of halogens is 2. The maximum absolute atomic E-state index is 12.8. The van der Waals surface area contributed by atoms with Gasteiger partial charge in [0, 0.05) is 5.56 Å². The zero-order valence-corrected chi connectivity index (χ0v) is 22.2. The Morgan fingerprint density at radius 2 is 1.81 bits per heavy atom. The summed E-state index contributed by atoms with van der Waals surface area (Å²) >= 11 is 6.92. The Labute approximate surface area is 204 Å². The second-order valence-electron chi connectivity index (χ2n) is 7.32. The van der Waals surface area contributed by atoms with Gasteiger partial charge in [-0.1, -0.05) is 24.8 Å². The summed E-state index contributed by atoms with van der Waals surface area (Å²) in [6.07, 6.45) is 1.09. The molecule has 2 aromatic rings. The number of nitrogens with one attached hydrogen (secondary N) is 1. The van der Waals surface area contributed by atoms with E-state index in [0.29, 0.717) is 33.0 Å². The summed E-state index contributed by atoms with van der Waals surface area (Å²) in [7, 11) is -0.0726. The number of carbonyl (C=O) groups excluding carboxylic acids is 2. The van der Waals surface area contributed by atoms with Crippen LogP contribution in [0.1, 0.15) is 36.2 Å². The molecule has 0 saturated heterocycles. The number of esters is 1. The Morgan fingerprint density at radius 3 is 2.34 bits per heavy atom. The lowest BCUT2D eigenvalue weighted by atomic mass is 9.98. The Hall–Kier alpha value is -1.96. The van der Waals surface area contributed by atoms with Crippen molar-refractivity contribution in [3.63, 3.8) is 0 Å². The molecular weight excluding hydrogens is 565 g/mol. The SMILES string of the molecule is CCC(C)C(NC(=O)c1cc(Oc2c(Br)cc(C[P+](C)=O)cc2Br)ccc1O)C(=O)OC. The lowest BCUT2D eigenvalue weighted by Gasteiger charge is -2.22. The van der Waals surface area contributed by atoms with Gasteiger partial charge >= 0.3 is 13.8 Å². The maximum atomic E-state index is 12.8. The quantitative estimate of drug-likeness (QED) is 0.275. The van der Waals surface area contributed by atoms with E-state index in [4.69, 9.17) is 9.47 Å². The first-order chi connectivity index (χ1) is 15.1. The van der Waals surface area contributed by atoms with Gasteiger partial charge in [-0.3, -0.25) is 4.79 Å². The smallest absolute Gasteiger partial charge is 0.340 e. The summed E-state index contributed by atoms with van der Waals surface area (Å²) in [5.41, 5.74) is 0.843. The number of ether oxygens (including phenoxy) is 2. The fraction of sp³-hybridized carbons (Fsp3) is 0.364. The molecule has 2 rings (SSSR count). The number of methoxy groups -OCH3 is 1. The van der Waals surface area contributed by atoms with E-state index in [1.54, 1.807) is 6.66 Å². The van der Waals surface area contributed by atoms with Crippen molar-refractivity contribution in [1.82, 2.24) is 5.32 Å². The molecule has 2 aromatic carbocycles. The Morgan fingerprint density at radius 1 is 1.19 bits per heavy atom. The molecule has 0 fully saturated rings. The predicted molar refractivity (Wildman–Crippen MR) is 130 cm³/mol. The van der Waals surface area contributed by atoms with E-state index in [1.165, 1.54) is 25.3 Å². The standard InChI is InChI=1S/C22H24Br2NO6P/c1-5-12(2)19(22(28)30-3)25-21(27)15-10-14(6-7-18(15)26)31-20-16(23)8-13(9-17(20)24)11-32(4)29/h6-10,12,19H,5,11H2,1-4H3,(H-,25,26,27)/p+1. The minimum Gasteiger partial charge on any atom is -0.507 e. The zero-order chi connectivity index (χ0) is 24.0. The second-order valence-corrected chi connectivity index (χ2v) is 10.6. The first-order valence-corrected chi connectivity index (χ1v) is 13.3. The molecule has 0 bridgehead atoms. The van der Waals surface area contributed by atoms with Crippen molar-refractivity contribution in [2.75, 3.05) is 13.8 Å². The van der Waals surface area contributed by atoms with Gasteiger partial charge in [0.2, 0.25) is 0 Å². The molecule has 10 heteroatoms. The van der Waals surface area contributed by atoms with Crippen molar-refractivity contribution in [2.24, 2.45) is 5.92 Å². The lowest BCUT2D eigenvalue weighted by Crippen LogP contribution is -2.45. The third kappa shape index (κ3) is 6.77. The monoisotopic (exact) mass is 588 g/mol. The Balaban J connectivity index is 2.30. The molecule has 0 radical (unpaired) electrons. The largest absolute Gasteiger partial charge is 0.507 e. The molecule has 0 aliphatic heterocycles. The van der Waals surface area contributed by atoms with Crippen LogP contribution in [0.5, 0.6) is 17.2 Å². The number of carbonyl (C=O) groups is 2. The lowest BCUT2D eigenvalue weighted by molar-refractivity contribution is -0.144. The van der Waals surface area contributed by atoms with Gasteiger partial charge in [-0.15, -0.1) is 0 Å². The van der Waals surface area contributed by atoms with Crippen molar-refractivity contribution in [3.8, 4) is 17.2 Å². The van der Waals surface area contributed by atoms with Gasteiger partial charge in [-0.05, 0) is 68.1 Å². The number of amides is 1. The number of phenolic OH excluding ortho intramolecular Hbond substituents is 1. The third-order valence-electron chi connectivity index (χ3n) is 4.85. The van der Waals surface area contributed by atoms with E-state index in [-0.39, 0.29) is 17.2 Å². The first kappa shape index (κ1) is 26.3. The van der Waals surface area contributed by atoms with Gasteiger partial charge in [0.15, 0.2) is 11.9 Å². The predicted octanol–water partition coefficient (Wildman–Crippen LogP) is 5.98. The van der Waals surface area contributed by atoms with Crippen LogP contribution in [0, 0.1) is 5.92 Å². The van der Waals surface area contributed by atoms with Gasteiger partial charge in [0.1, 0.15) is 24.2 Å².